The summed E-state index contributed by atoms with van der Waals surface area (Å²) >= 11 is 5.98. The fraction of sp³-hybridized carbons (Fsp3) is 0.500. The highest BCUT2D eigenvalue weighted by Crippen LogP contribution is 2.23. The van der Waals surface area contributed by atoms with Crippen LogP contribution in [0.4, 0.5) is 10.5 Å². The molecule has 2 aliphatic rings. The summed E-state index contributed by atoms with van der Waals surface area (Å²) in [6, 6.07) is 6.81. The average molecular weight is 401 g/mol. The number of rotatable bonds is 4. The second kappa shape index (κ2) is 7.42. The van der Waals surface area contributed by atoms with Crippen LogP contribution >= 0.6 is 11.6 Å². The van der Waals surface area contributed by atoms with E-state index in [9.17, 15) is 18.0 Å². The van der Waals surface area contributed by atoms with Gasteiger partial charge in [0.05, 0.1) is 6.26 Å². The molecule has 26 heavy (non-hydrogen) atoms. The zero-order chi connectivity index (χ0) is 18.9. The minimum Gasteiger partial charge on any atom is -0.339 e. The highest BCUT2D eigenvalue weighted by Gasteiger charge is 2.33. The molecule has 0 aromatic heterocycles. The molecule has 0 atom stereocenters. The molecule has 1 aromatic rings. The summed E-state index contributed by atoms with van der Waals surface area (Å²) in [5.74, 6) is -0.167. The van der Waals surface area contributed by atoms with Crippen LogP contribution in [-0.2, 0) is 14.8 Å². The number of halogens is 1. The molecule has 0 aliphatic carbocycles. The number of anilines is 1. The van der Waals surface area contributed by atoms with E-state index in [1.165, 1.54) is 9.21 Å². The molecule has 2 aliphatic heterocycles. The molecule has 2 fully saturated rings. The van der Waals surface area contributed by atoms with Crippen molar-refractivity contribution in [1.29, 1.82) is 0 Å². The fourth-order valence-electron chi connectivity index (χ4n) is 3.15. The van der Waals surface area contributed by atoms with Gasteiger partial charge in [-0.05, 0) is 18.2 Å². The lowest BCUT2D eigenvalue weighted by Crippen LogP contribution is -2.52. The van der Waals surface area contributed by atoms with E-state index in [0.717, 1.165) is 6.26 Å². The number of urea groups is 1. The number of carbonyl (C=O) groups is 2. The largest absolute Gasteiger partial charge is 0.339 e. The highest BCUT2D eigenvalue weighted by atomic mass is 35.5. The van der Waals surface area contributed by atoms with E-state index in [1.807, 2.05) is 0 Å². The van der Waals surface area contributed by atoms with Crippen LogP contribution in [0.15, 0.2) is 24.3 Å². The molecule has 0 unspecified atom stereocenters. The predicted octanol–water partition coefficient (Wildman–Crippen LogP) is 0.686. The van der Waals surface area contributed by atoms with Gasteiger partial charge < -0.3 is 9.80 Å². The molecule has 1 aromatic carbocycles. The van der Waals surface area contributed by atoms with E-state index in [2.05, 4.69) is 0 Å². The molecule has 3 rings (SSSR count). The molecule has 142 valence electrons. The lowest BCUT2D eigenvalue weighted by Gasteiger charge is -2.34. The summed E-state index contributed by atoms with van der Waals surface area (Å²) in [5.41, 5.74) is 0.708. The van der Waals surface area contributed by atoms with Gasteiger partial charge in [0.25, 0.3) is 0 Å². The van der Waals surface area contributed by atoms with Gasteiger partial charge in [0.2, 0.25) is 15.9 Å². The minimum absolute atomic E-state index is 0.00518. The summed E-state index contributed by atoms with van der Waals surface area (Å²) in [7, 11) is -3.23. The van der Waals surface area contributed by atoms with Crippen LogP contribution in [0.2, 0.25) is 5.02 Å². The number of hydrogen-bond acceptors (Lipinski definition) is 4. The number of hydrogen-bond donors (Lipinski definition) is 0. The topological polar surface area (TPSA) is 81.2 Å². The quantitative estimate of drug-likeness (QED) is 0.744. The molecule has 3 amide bonds. The van der Waals surface area contributed by atoms with E-state index in [1.54, 1.807) is 34.1 Å². The van der Waals surface area contributed by atoms with Crippen LogP contribution in [0.5, 0.6) is 0 Å². The van der Waals surface area contributed by atoms with Crippen molar-refractivity contribution in [1.82, 2.24) is 14.1 Å². The zero-order valence-corrected chi connectivity index (χ0v) is 16.0. The Morgan fingerprint density at radius 3 is 2.42 bits per heavy atom. The maximum Gasteiger partial charge on any atom is 0.325 e. The summed E-state index contributed by atoms with van der Waals surface area (Å²) in [6.07, 6.45) is 1.16. The Balaban J connectivity index is 1.57. The van der Waals surface area contributed by atoms with Gasteiger partial charge in [-0.3, -0.25) is 9.69 Å². The van der Waals surface area contributed by atoms with Crippen molar-refractivity contribution in [3.63, 3.8) is 0 Å². The molecule has 0 bridgehead atoms. The highest BCUT2D eigenvalue weighted by molar-refractivity contribution is 7.88. The first-order valence-electron chi connectivity index (χ1n) is 8.30. The van der Waals surface area contributed by atoms with Crippen molar-refractivity contribution in [2.45, 2.75) is 0 Å². The number of sulfonamides is 1. The smallest absolute Gasteiger partial charge is 0.325 e. The molecule has 0 saturated carbocycles. The third kappa shape index (κ3) is 4.11. The van der Waals surface area contributed by atoms with E-state index in [0.29, 0.717) is 36.9 Å². The van der Waals surface area contributed by atoms with Crippen molar-refractivity contribution >= 4 is 39.2 Å². The first-order chi connectivity index (χ1) is 12.3. The van der Waals surface area contributed by atoms with Crippen molar-refractivity contribution in [3.05, 3.63) is 29.3 Å². The minimum atomic E-state index is -3.23. The van der Waals surface area contributed by atoms with Crippen LogP contribution in [-0.4, -0.2) is 86.5 Å². The van der Waals surface area contributed by atoms with Crippen LogP contribution in [0.3, 0.4) is 0 Å². The lowest BCUT2D eigenvalue weighted by atomic mass is 10.3. The maximum absolute atomic E-state index is 12.6. The van der Waals surface area contributed by atoms with Gasteiger partial charge in [0.1, 0.15) is 6.54 Å². The second-order valence-electron chi connectivity index (χ2n) is 6.38. The van der Waals surface area contributed by atoms with Gasteiger partial charge in [-0.15, -0.1) is 0 Å². The standard InChI is InChI=1S/C16H21ClN4O4S/c1-26(24,25)20-8-5-18(6-9-20)15(22)12-19-7-10-21(16(19)23)14-4-2-3-13(17)11-14/h2-4,11H,5-10,12H2,1H3. The van der Waals surface area contributed by atoms with Gasteiger partial charge in [0, 0.05) is 50.0 Å². The Bertz CT molecular complexity index is 808. The summed E-state index contributed by atoms with van der Waals surface area (Å²) in [6.45, 7) is 2.20. The normalized spacial score (nSPS) is 19.3. The Labute approximate surface area is 157 Å². The number of nitrogens with zero attached hydrogens (tertiary/aromatic N) is 4. The molecule has 10 heteroatoms. The number of carbonyl (C=O) groups excluding carboxylic acids is 2. The van der Waals surface area contributed by atoms with E-state index >= 15 is 0 Å². The van der Waals surface area contributed by atoms with Crippen molar-refractivity contribution < 1.29 is 18.0 Å². The fourth-order valence-corrected chi connectivity index (χ4v) is 4.16. The summed E-state index contributed by atoms with van der Waals surface area (Å²) in [4.78, 5) is 29.8. The average Bonchev–Trinajstić information content (AvgIpc) is 2.95. The molecule has 8 nitrogen and oxygen atoms in total. The van der Waals surface area contributed by atoms with E-state index in [4.69, 9.17) is 11.6 Å². The molecule has 0 radical (unpaired) electrons. The van der Waals surface area contributed by atoms with E-state index < -0.39 is 10.0 Å². The Hall–Kier alpha value is -1.84. The predicted molar refractivity (Wildman–Crippen MR) is 98.8 cm³/mol. The maximum atomic E-state index is 12.6. The Kier molecular flexibility index (Phi) is 5.40. The van der Waals surface area contributed by atoms with Gasteiger partial charge in [-0.25, -0.2) is 13.2 Å². The Morgan fingerprint density at radius 2 is 1.81 bits per heavy atom. The number of amides is 3. The SMILES string of the molecule is CS(=O)(=O)N1CCN(C(=O)CN2CCN(c3cccc(Cl)c3)C2=O)CC1. The molecular formula is C16H21ClN4O4S. The number of piperazine rings is 1. The molecule has 0 spiro atoms. The van der Waals surface area contributed by atoms with Crippen LogP contribution < -0.4 is 4.90 Å². The second-order valence-corrected chi connectivity index (χ2v) is 8.80. The van der Waals surface area contributed by atoms with Crippen molar-refractivity contribution in [2.75, 3.05) is 57.0 Å². The Morgan fingerprint density at radius 1 is 1.12 bits per heavy atom. The zero-order valence-electron chi connectivity index (χ0n) is 14.5. The van der Waals surface area contributed by atoms with E-state index in [-0.39, 0.29) is 31.6 Å². The van der Waals surface area contributed by atoms with Crippen LogP contribution in [0, 0.1) is 0 Å². The first kappa shape index (κ1) is 18.9. The third-order valence-electron chi connectivity index (χ3n) is 4.60. The van der Waals surface area contributed by atoms with Crippen molar-refractivity contribution in [3.8, 4) is 0 Å². The molecule has 0 N–H and O–H groups in total. The lowest BCUT2D eigenvalue weighted by molar-refractivity contribution is -0.132. The van der Waals surface area contributed by atoms with Crippen LogP contribution in [0.1, 0.15) is 0 Å². The van der Waals surface area contributed by atoms with Crippen LogP contribution in [0.25, 0.3) is 0 Å². The van der Waals surface area contributed by atoms with Gasteiger partial charge in [-0.1, -0.05) is 17.7 Å². The van der Waals surface area contributed by atoms with Crippen molar-refractivity contribution in [2.24, 2.45) is 0 Å². The summed E-state index contributed by atoms with van der Waals surface area (Å²) in [5, 5.41) is 0.550. The van der Waals surface area contributed by atoms with Gasteiger partial charge >= 0.3 is 6.03 Å². The monoisotopic (exact) mass is 400 g/mol. The van der Waals surface area contributed by atoms with Gasteiger partial charge in [0.15, 0.2) is 0 Å². The van der Waals surface area contributed by atoms with Gasteiger partial charge in [-0.2, -0.15) is 4.31 Å². The third-order valence-corrected chi connectivity index (χ3v) is 6.14. The summed E-state index contributed by atoms with van der Waals surface area (Å²) < 4.78 is 24.4. The molecular weight excluding hydrogens is 380 g/mol. The number of benzene rings is 1. The first-order valence-corrected chi connectivity index (χ1v) is 10.5. The molecule has 2 heterocycles. The molecule has 2 saturated heterocycles.